The Bertz CT molecular complexity index is 399. The Kier molecular flexibility index (Phi) is 2.60. The zero-order chi connectivity index (χ0) is 13.1. The van der Waals surface area contributed by atoms with Crippen LogP contribution in [0.25, 0.3) is 0 Å². The lowest BCUT2D eigenvalue weighted by Gasteiger charge is -2.34. The Hall–Kier alpha value is -0.830. The van der Waals surface area contributed by atoms with Gasteiger partial charge in [0.25, 0.3) is 0 Å². The number of rotatable bonds is 0. The molecule has 0 amide bonds. The van der Waals surface area contributed by atoms with Gasteiger partial charge in [0, 0.05) is 11.8 Å². The summed E-state index contributed by atoms with van der Waals surface area (Å²) in [5.74, 6) is 0.519. The van der Waals surface area contributed by atoms with E-state index in [1.165, 1.54) is 5.57 Å². The highest BCUT2D eigenvalue weighted by Gasteiger charge is 2.57. The highest BCUT2D eigenvalue weighted by atomic mass is 16.6. The van der Waals surface area contributed by atoms with Crippen LogP contribution in [0.2, 0.25) is 0 Å². The number of carbonyl (C=O) groups is 1. The summed E-state index contributed by atoms with van der Waals surface area (Å²) in [6.07, 6.45) is 3.61. The Morgan fingerprint density at radius 1 is 1.44 bits per heavy atom. The summed E-state index contributed by atoms with van der Waals surface area (Å²) in [5.41, 5.74) is 0.529. The number of carbonyl (C=O) groups excluding carboxylic acids is 1. The molecule has 0 bridgehead atoms. The number of fused-ring (bicyclic) bond motifs is 3. The molecule has 0 spiro atoms. The molecule has 1 saturated heterocycles. The number of allylic oxidation sites excluding steroid dienone is 1. The number of hydrogen-bond donors (Lipinski definition) is 1. The largest absolute Gasteiger partial charge is 0.461 e. The van der Waals surface area contributed by atoms with Gasteiger partial charge in [0.05, 0.1) is 11.5 Å². The fourth-order valence-corrected chi connectivity index (χ4v) is 4.35. The standard InChI is InChI=1S/C15H22O3/c1-8-4-5-11-9(2)14(16)18-13(11)12-10(8)6-7-15(12,3)17/h9-13,17H,1,4-7H2,2-3H3/t9-,10-,11-,12-,13-,15+/m1/s1. The fourth-order valence-electron chi connectivity index (χ4n) is 4.35. The molecule has 1 N–H and O–H groups in total. The molecule has 3 aliphatic rings. The van der Waals surface area contributed by atoms with E-state index in [2.05, 4.69) is 6.58 Å². The minimum atomic E-state index is -0.717. The average molecular weight is 250 g/mol. The third-order valence-corrected chi connectivity index (χ3v) is 5.48. The van der Waals surface area contributed by atoms with Gasteiger partial charge in [-0.2, -0.15) is 0 Å². The predicted molar refractivity (Wildman–Crippen MR) is 67.7 cm³/mol. The van der Waals surface area contributed by atoms with Gasteiger partial charge in [0.15, 0.2) is 0 Å². The van der Waals surface area contributed by atoms with Gasteiger partial charge in [0.1, 0.15) is 6.10 Å². The lowest BCUT2D eigenvalue weighted by atomic mass is 9.76. The summed E-state index contributed by atoms with van der Waals surface area (Å²) in [5, 5.41) is 10.6. The fraction of sp³-hybridized carbons (Fsp3) is 0.800. The Morgan fingerprint density at radius 2 is 2.17 bits per heavy atom. The molecule has 18 heavy (non-hydrogen) atoms. The molecular weight excluding hydrogens is 228 g/mol. The molecule has 0 aromatic rings. The summed E-state index contributed by atoms with van der Waals surface area (Å²) < 4.78 is 5.62. The number of ether oxygens (including phenoxy) is 1. The molecule has 3 rings (SSSR count). The van der Waals surface area contributed by atoms with E-state index in [4.69, 9.17) is 4.74 Å². The summed E-state index contributed by atoms with van der Waals surface area (Å²) in [6.45, 7) is 8.05. The van der Waals surface area contributed by atoms with Gasteiger partial charge in [-0.1, -0.05) is 19.1 Å². The van der Waals surface area contributed by atoms with Crippen molar-refractivity contribution >= 4 is 5.97 Å². The van der Waals surface area contributed by atoms with Crippen LogP contribution in [0.3, 0.4) is 0 Å². The van der Waals surface area contributed by atoms with Crippen LogP contribution < -0.4 is 0 Å². The van der Waals surface area contributed by atoms with Crippen molar-refractivity contribution in [3.05, 3.63) is 12.2 Å². The minimum Gasteiger partial charge on any atom is -0.461 e. The first-order valence-corrected chi connectivity index (χ1v) is 7.02. The number of aliphatic hydroxyl groups is 1. The van der Waals surface area contributed by atoms with Gasteiger partial charge in [-0.3, -0.25) is 4.79 Å². The molecule has 3 fully saturated rings. The third-order valence-electron chi connectivity index (χ3n) is 5.48. The molecule has 0 unspecified atom stereocenters. The minimum absolute atomic E-state index is 0.0297. The van der Waals surface area contributed by atoms with E-state index in [9.17, 15) is 9.90 Å². The molecule has 0 aromatic heterocycles. The van der Waals surface area contributed by atoms with Crippen molar-refractivity contribution < 1.29 is 14.6 Å². The molecule has 6 atom stereocenters. The first kappa shape index (κ1) is 12.2. The molecule has 3 heteroatoms. The first-order valence-electron chi connectivity index (χ1n) is 7.02. The number of esters is 1. The van der Waals surface area contributed by atoms with Crippen LogP contribution in [0, 0.1) is 23.7 Å². The van der Waals surface area contributed by atoms with Crippen molar-refractivity contribution in [2.75, 3.05) is 0 Å². The smallest absolute Gasteiger partial charge is 0.309 e. The van der Waals surface area contributed by atoms with Gasteiger partial charge in [-0.05, 0) is 38.5 Å². The lowest BCUT2D eigenvalue weighted by molar-refractivity contribution is -0.149. The van der Waals surface area contributed by atoms with Crippen molar-refractivity contribution in [2.24, 2.45) is 23.7 Å². The second-order valence-corrected chi connectivity index (χ2v) is 6.58. The van der Waals surface area contributed by atoms with Crippen molar-refractivity contribution in [1.82, 2.24) is 0 Å². The second kappa shape index (κ2) is 3.83. The van der Waals surface area contributed by atoms with Crippen molar-refractivity contribution in [1.29, 1.82) is 0 Å². The molecule has 1 heterocycles. The van der Waals surface area contributed by atoms with E-state index in [0.717, 1.165) is 25.7 Å². The normalized spacial score (nSPS) is 51.6. The molecule has 2 saturated carbocycles. The van der Waals surface area contributed by atoms with Crippen LogP contribution in [0.4, 0.5) is 0 Å². The topological polar surface area (TPSA) is 46.5 Å². The van der Waals surface area contributed by atoms with E-state index < -0.39 is 5.60 Å². The average Bonchev–Trinajstić information content (AvgIpc) is 2.69. The Labute approximate surface area is 108 Å². The first-order chi connectivity index (χ1) is 8.42. The predicted octanol–water partition coefficient (Wildman–Crippen LogP) is 2.29. The monoisotopic (exact) mass is 250 g/mol. The Balaban J connectivity index is 1.99. The van der Waals surface area contributed by atoms with Crippen LogP contribution in [0.5, 0.6) is 0 Å². The maximum Gasteiger partial charge on any atom is 0.309 e. The maximum atomic E-state index is 11.8. The van der Waals surface area contributed by atoms with E-state index in [1.54, 1.807) is 0 Å². The van der Waals surface area contributed by atoms with Gasteiger partial charge >= 0.3 is 5.97 Å². The van der Waals surface area contributed by atoms with Gasteiger partial charge in [-0.25, -0.2) is 0 Å². The van der Waals surface area contributed by atoms with Crippen molar-refractivity contribution in [3.8, 4) is 0 Å². The van der Waals surface area contributed by atoms with Crippen LogP contribution in [0.15, 0.2) is 12.2 Å². The lowest BCUT2D eigenvalue weighted by Crippen LogP contribution is -2.42. The molecule has 0 aromatic carbocycles. The molecule has 1 aliphatic heterocycles. The van der Waals surface area contributed by atoms with Gasteiger partial charge in [-0.15, -0.1) is 0 Å². The highest BCUT2D eigenvalue weighted by molar-refractivity contribution is 5.75. The van der Waals surface area contributed by atoms with Crippen LogP contribution in [-0.2, 0) is 9.53 Å². The van der Waals surface area contributed by atoms with Gasteiger partial charge in [0.2, 0.25) is 0 Å². The van der Waals surface area contributed by atoms with E-state index in [-0.39, 0.29) is 29.8 Å². The van der Waals surface area contributed by atoms with Crippen molar-refractivity contribution in [2.45, 2.75) is 51.2 Å². The van der Waals surface area contributed by atoms with Crippen LogP contribution in [-0.4, -0.2) is 22.8 Å². The highest BCUT2D eigenvalue weighted by Crippen LogP contribution is 2.54. The molecule has 3 nitrogen and oxygen atoms in total. The van der Waals surface area contributed by atoms with Crippen LogP contribution >= 0.6 is 0 Å². The van der Waals surface area contributed by atoms with Gasteiger partial charge < -0.3 is 9.84 Å². The zero-order valence-electron chi connectivity index (χ0n) is 11.2. The van der Waals surface area contributed by atoms with E-state index >= 15 is 0 Å². The maximum absolute atomic E-state index is 11.8. The summed E-state index contributed by atoms with van der Waals surface area (Å²) >= 11 is 0. The van der Waals surface area contributed by atoms with E-state index in [1.807, 2.05) is 13.8 Å². The molecule has 0 radical (unpaired) electrons. The summed E-state index contributed by atoms with van der Waals surface area (Å²) in [4.78, 5) is 11.8. The Morgan fingerprint density at radius 3 is 2.89 bits per heavy atom. The molecule has 100 valence electrons. The summed E-state index contributed by atoms with van der Waals surface area (Å²) in [7, 11) is 0. The quantitative estimate of drug-likeness (QED) is 0.530. The SMILES string of the molecule is C=C1CC[C@H]2[C@@H](OC(=O)[C@@H]2C)[C@H]2[C@@H]1CC[C@]2(C)O. The molecular formula is C15H22O3. The van der Waals surface area contributed by atoms with E-state index in [0.29, 0.717) is 5.92 Å². The summed E-state index contributed by atoms with van der Waals surface area (Å²) in [6, 6.07) is 0. The van der Waals surface area contributed by atoms with Crippen molar-refractivity contribution in [3.63, 3.8) is 0 Å². The van der Waals surface area contributed by atoms with Crippen LogP contribution in [0.1, 0.15) is 39.5 Å². The third kappa shape index (κ3) is 1.56. The number of hydrogen-bond acceptors (Lipinski definition) is 3. The zero-order valence-corrected chi connectivity index (χ0v) is 11.2. The molecule has 2 aliphatic carbocycles. The second-order valence-electron chi connectivity index (χ2n) is 6.58.